The van der Waals surface area contributed by atoms with Crippen LogP contribution in [0.1, 0.15) is 6.92 Å². The molecule has 0 unspecified atom stereocenters. The van der Waals surface area contributed by atoms with E-state index in [2.05, 4.69) is 10.6 Å². The SMILES string of the molecule is CNC(=O)/C(=C(/O)NC)C1(C)C(=O)N(C)C(=S)N(C)C1=O. The fourth-order valence-electron chi connectivity index (χ4n) is 2.20. The Morgan fingerprint density at radius 1 is 1.14 bits per heavy atom. The molecule has 1 fully saturated rings. The van der Waals surface area contributed by atoms with Crippen molar-refractivity contribution >= 4 is 35.1 Å². The summed E-state index contributed by atoms with van der Waals surface area (Å²) in [5, 5.41) is 14.7. The molecule has 9 heteroatoms. The van der Waals surface area contributed by atoms with Crippen molar-refractivity contribution in [1.29, 1.82) is 0 Å². The van der Waals surface area contributed by atoms with Crippen molar-refractivity contribution in [1.82, 2.24) is 20.4 Å². The van der Waals surface area contributed by atoms with Crippen LogP contribution in [0.5, 0.6) is 0 Å². The molecule has 1 rings (SSSR count). The fraction of sp³-hybridized carbons (Fsp3) is 0.500. The summed E-state index contributed by atoms with van der Waals surface area (Å²) in [6.45, 7) is 1.28. The van der Waals surface area contributed by atoms with Crippen LogP contribution in [-0.2, 0) is 14.4 Å². The highest BCUT2D eigenvalue weighted by atomic mass is 32.1. The summed E-state index contributed by atoms with van der Waals surface area (Å²) in [5.74, 6) is -2.65. The topological polar surface area (TPSA) is 102 Å². The van der Waals surface area contributed by atoms with Crippen LogP contribution in [0.4, 0.5) is 0 Å². The highest BCUT2D eigenvalue weighted by molar-refractivity contribution is 7.80. The number of carbonyl (C=O) groups is 3. The minimum atomic E-state index is -1.88. The molecule has 8 nitrogen and oxygen atoms in total. The van der Waals surface area contributed by atoms with Gasteiger partial charge < -0.3 is 15.7 Å². The van der Waals surface area contributed by atoms with E-state index >= 15 is 0 Å². The molecule has 3 amide bonds. The number of nitrogens with one attached hydrogen (secondary N) is 2. The molecule has 0 spiro atoms. The Morgan fingerprint density at radius 3 is 1.90 bits per heavy atom. The molecule has 0 aliphatic carbocycles. The van der Waals surface area contributed by atoms with Gasteiger partial charge in [-0.25, -0.2) is 0 Å². The van der Waals surface area contributed by atoms with Crippen LogP contribution in [0.2, 0.25) is 0 Å². The number of hydrogen-bond donors (Lipinski definition) is 3. The molecule has 21 heavy (non-hydrogen) atoms. The summed E-state index contributed by atoms with van der Waals surface area (Å²) in [4.78, 5) is 39.3. The predicted molar refractivity (Wildman–Crippen MR) is 79.0 cm³/mol. The van der Waals surface area contributed by atoms with Crippen LogP contribution in [0.15, 0.2) is 11.5 Å². The third kappa shape index (κ3) is 2.33. The third-order valence-corrected chi connectivity index (χ3v) is 4.01. The summed E-state index contributed by atoms with van der Waals surface area (Å²) in [6.07, 6.45) is 0. The molecule has 1 saturated heterocycles. The van der Waals surface area contributed by atoms with Gasteiger partial charge in [-0.1, -0.05) is 0 Å². The van der Waals surface area contributed by atoms with Gasteiger partial charge in [0.1, 0.15) is 5.57 Å². The Hall–Kier alpha value is -2.16. The lowest BCUT2D eigenvalue weighted by atomic mass is 9.77. The van der Waals surface area contributed by atoms with Crippen molar-refractivity contribution in [2.45, 2.75) is 6.92 Å². The van der Waals surface area contributed by atoms with Crippen molar-refractivity contribution in [3.05, 3.63) is 11.5 Å². The molecule has 0 aromatic carbocycles. The van der Waals surface area contributed by atoms with E-state index in [1.807, 2.05) is 0 Å². The van der Waals surface area contributed by atoms with E-state index in [1.165, 1.54) is 35.1 Å². The summed E-state index contributed by atoms with van der Waals surface area (Å²) in [5.41, 5.74) is -2.23. The van der Waals surface area contributed by atoms with E-state index in [1.54, 1.807) is 0 Å². The lowest BCUT2D eigenvalue weighted by Gasteiger charge is -2.42. The number of amides is 3. The van der Waals surface area contributed by atoms with E-state index in [9.17, 15) is 19.5 Å². The first-order chi connectivity index (χ1) is 9.64. The van der Waals surface area contributed by atoms with Gasteiger partial charge in [-0.2, -0.15) is 0 Å². The number of nitrogens with zero attached hydrogens (tertiary/aromatic N) is 2. The Labute approximate surface area is 127 Å². The zero-order valence-corrected chi connectivity index (χ0v) is 13.3. The Balaban J connectivity index is 3.60. The number of hydrogen-bond acceptors (Lipinski definition) is 6. The van der Waals surface area contributed by atoms with Gasteiger partial charge in [0.05, 0.1) is 0 Å². The van der Waals surface area contributed by atoms with E-state index in [0.717, 1.165) is 9.80 Å². The Morgan fingerprint density at radius 2 is 1.57 bits per heavy atom. The van der Waals surface area contributed by atoms with Crippen LogP contribution in [0, 0.1) is 5.41 Å². The molecular formula is C12H18N4O4S. The minimum Gasteiger partial charge on any atom is -0.494 e. The molecule has 0 atom stereocenters. The Kier molecular flexibility index (Phi) is 4.57. The van der Waals surface area contributed by atoms with Gasteiger partial charge in [-0.05, 0) is 19.1 Å². The van der Waals surface area contributed by atoms with Crippen LogP contribution < -0.4 is 10.6 Å². The van der Waals surface area contributed by atoms with Crippen molar-refractivity contribution in [2.24, 2.45) is 5.41 Å². The molecule has 1 heterocycles. The molecule has 0 aromatic rings. The first kappa shape index (κ1) is 16.9. The zero-order chi connectivity index (χ0) is 16.5. The average molecular weight is 314 g/mol. The van der Waals surface area contributed by atoms with Gasteiger partial charge in [-0.15, -0.1) is 0 Å². The van der Waals surface area contributed by atoms with Crippen molar-refractivity contribution in [3.63, 3.8) is 0 Å². The first-order valence-electron chi connectivity index (χ1n) is 6.08. The molecule has 0 radical (unpaired) electrons. The molecule has 116 valence electrons. The van der Waals surface area contributed by atoms with Gasteiger partial charge >= 0.3 is 0 Å². The number of aliphatic hydroxyl groups excluding tert-OH is 1. The molecule has 0 aromatic heterocycles. The van der Waals surface area contributed by atoms with Gasteiger partial charge in [0.15, 0.2) is 16.4 Å². The van der Waals surface area contributed by atoms with Crippen molar-refractivity contribution < 1.29 is 19.5 Å². The van der Waals surface area contributed by atoms with Crippen LogP contribution in [0.25, 0.3) is 0 Å². The summed E-state index contributed by atoms with van der Waals surface area (Å²) in [6, 6.07) is 0. The molecule has 0 bridgehead atoms. The summed E-state index contributed by atoms with van der Waals surface area (Å²) >= 11 is 5.00. The van der Waals surface area contributed by atoms with Crippen molar-refractivity contribution in [2.75, 3.05) is 28.2 Å². The smallest absolute Gasteiger partial charge is 0.253 e. The first-order valence-corrected chi connectivity index (χ1v) is 6.49. The van der Waals surface area contributed by atoms with Gasteiger partial charge in [0, 0.05) is 28.2 Å². The number of likely N-dealkylation sites (N-methyl/N-ethyl adjacent to an activating group) is 1. The third-order valence-electron chi connectivity index (χ3n) is 3.47. The standard InChI is InChI=1S/C12H18N4O4S/c1-12(6(7(17)13-2)8(18)14-3)9(19)15(4)11(21)16(5)10(12)20/h13,17H,1-5H3,(H,14,18)/b7-6-. The number of aliphatic hydroxyl groups is 1. The maximum atomic E-state index is 12.5. The predicted octanol–water partition coefficient (Wildman–Crippen LogP) is -1.06. The van der Waals surface area contributed by atoms with Crippen LogP contribution >= 0.6 is 12.2 Å². The van der Waals surface area contributed by atoms with E-state index in [-0.39, 0.29) is 10.7 Å². The molecule has 1 aliphatic heterocycles. The second-order valence-corrected chi connectivity index (χ2v) is 5.05. The summed E-state index contributed by atoms with van der Waals surface area (Å²) in [7, 11) is 5.52. The second kappa shape index (κ2) is 5.68. The number of rotatable bonds is 3. The van der Waals surface area contributed by atoms with Crippen LogP contribution in [0.3, 0.4) is 0 Å². The molecule has 1 aliphatic rings. The number of thiocarbonyl (C=S) groups is 1. The molecular weight excluding hydrogens is 296 g/mol. The minimum absolute atomic E-state index is 0.0303. The fourth-order valence-corrected chi connectivity index (χ4v) is 2.36. The normalized spacial score (nSPS) is 19.4. The highest BCUT2D eigenvalue weighted by Crippen LogP contribution is 2.36. The highest BCUT2D eigenvalue weighted by Gasteiger charge is 2.56. The molecule has 0 saturated carbocycles. The average Bonchev–Trinajstić information content (AvgIpc) is 2.49. The zero-order valence-electron chi connectivity index (χ0n) is 12.5. The largest absolute Gasteiger partial charge is 0.494 e. The van der Waals surface area contributed by atoms with Gasteiger partial charge in [0.2, 0.25) is 11.8 Å². The van der Waals surface area contributed by atoms with Crippen LogP contribution in [-0.4, -0.2) is 65.9 Å². The lowest BCUT2D eigenvalue weighted by molar-refractivity contribution is -0.152. The quantitative estimate of drug-likeness (QED) is 0.266. The maximum Gasteiger partial charge on any atom is 0.253 e. The Bertz CT molecular complexity index is 533. The lowest BCUT2D eigenvalue weighted by Crippen LogP contribution is -2.63. The van der Waals surface area contributed by atoms with E-state index < -0.39 is 29.0 Å². The van der Waals surface area contributed by atoms with Gasteiger partial charge in [0.25, 0.3) is 5.91 Å². The molecule has 3 N–H and O–H groups in total. The number of carbonyl (C=O) groups excluding carboxylic acids is 3. The van der Waals surface area contributed by atoms with E-state index in [4.69, 9.17) is 12.2 Å². The second-order valence-electron chi connectivity index (χ2n) is 4.69. The van der Waals surface area contributed by atoms with E-state index in [0.29, 0.717) is 0 Å². The van der Waals surface area contributed by atoms with Crippen molar-refractivity contribution in [3.8, 4) is 0 Å². The monoisotopic (exact) mass is 314 g/mol. The van der Waals surface area contributed by atoms with Gasteiger partial charge in [-0.3, -0.25) is 24.2 Å². The summed E-state index contributed by atoms with van der Waals surface area (Å²) < 4.78 is 0. The maximum absolute atomic E-state index is 12.5.